The zero-order valence-electron chi connectivity index (χ0n) is 32.8. The summed E-state index contributed by atoms with van der Waals surface area (Å²) < 4.78 is 7.93. The van der Waals surface area contributed by atoms with Crippen LogP contribution in [0.4, 0.5) is 0 Å². The van der Waals surface area contributed by atoms with Crippen molar-refractivity contribution in [1.29, 1.82) is 0 Å². The fourth-order valence-electron chi connectivity index (χ4n) is 9.12. The summed E-state index contributed by atoms with van der Waals surface area (Å²) in [4.78, 5) is 0. The van der Waals surface area contributed by atoms with Crippen molar-refractivity contribution in [3.8, 4) is 0 Å². The maximum Gasteiger partial charge on any atom is 0.0882 e. The molecule has 0 aliphatic rings. The third kappa shape index (κ3) is 19.8. The van der Waals surface area contributed by atoms with Crippen LogP contribution >= 0.6 is 0 Å². The first-order chi connectivity index (χ1) is 26.1. The molecule has 0 aliphatic carbocycles. The first kappa shape index (κ1) is 80.6. The minimum absolute atomic E-state index is 0. The molecule has 3 nitrogen and oxygen atoms in total. The van der Waals surface area contributed by atoms with Crippen molar-refractivity contribution in [2.45, 2.75) is 44.6 Å². The number of hydrogen-bond donors (Lipinski definition) is 2. The predicted molar refractivity (Wildman–Crippen MR) is 359 cm³/mol. The highest BCUT2D eigenvalue weighted by Gasteiger charge is 2.67. The highest BCUT2D eigenvalue weighted by Crippen LogP contribution is 2.31. The van der Waals surface area contributed by atoms with Gasteiger partial charge in [-0.15, -0.1) is 0 Å². The molecule has 0 bridgehead atoms. The molecule has 0 saturated carbocycles. The van der Waals surface area contributed by atoms with E-state index in [9.17, 15) is 0 Å². The van der Waals surface area contributed by atoms with E-state index < -0.39 is 168 Å². The van der Waals surface area contributed by atoms with Crippen molar-refractivity contribution in [3.63, 3.8) is 0 Å². The fourth-order valence-corrected chi connectivity index (χ4v) is 24.4. The molecule has 238 valence electrons. The molecule has 0 spiro atoms. The van der Waals surface area contributed by atoms with Gasteiger partial charge in [-0.2, -0.15) is 0 Å². The Morgan fingerprint density at radius 2 is 0.603 bits per heavy atom. The van der Waals surface area contributed by atoms with Crippen LogP contribution in [0.5, 0.6) is 0 Å². The van der Waals surface area contributed by atoms with Crippen LogP contribution in [0.15, 0.2) is 0 Å². The largest absolute Gasteiger partial charge is 0.481 e. The topological polar surface area (TPSA) is 61.3 Å². The smallest absolute Gasteiger partial charge is 0.0882 e. The number of hydrogen-bond acceptors (Lipinski definition) is 3. The van der Waals surface area contributed by atoms with Crippen LogP contribution in [0.1, 0.15) is 44.6 Å². The van der Waals surface area contributed by atoms with Gasteiger partial charge in [-0.1, -0.05) is 44.6 Å². The highest BCUT2D eigenvalue weighted by atomic mass is 28.4. The van der Waals surface area contributed by atoms with Crippen LogP contribution in [0.3, 0.4) is 0 Å². The summed E-state index contributed by atoms with van der Waals surface area (Å²) >= 11 is 0. The van der Waals surface area contributed by atoms with Crippen LogP contribution in [0, 0.1) is 0 Å². The predicted octanol–water partition coefficient (Wildman–Crippen LogP) is -17.1. The Hall–Kier alpha value is 3.56. The number of nitrogens with two attached hydrogens (primary N) is 2. The molecule has 0 aromatic heterocycles. The summed E-state index contributed by atoms with van der Waals surface area (Å²) in [7, 11) is 162. The van der Waals surface area contributed by atoms with Crippen LogP contribution in [0.2, 0.25) is 0 Å². The molecule has 63 heavy (non-hydrogen) atoms. The average molecular weight is 769 g/mol. The van der Waals surface area contributed by atoms with Gasteiger partial charge in [0.2, 0.25) is 0 Å². The van der Waals surface area contributed by atoms with Crippen LogP contribution in [-0.2, 0) is 4.12 Å². The maximum atomic E-state index is 7.93. The molecule has 0 amide bonds. The number of rotatable bonds is 28. The first-order valence-corrected chi connectivity index (χ1v) is 23.0. The van der Waals surface area contributed by atoms with E-state index in [1.54, 1.807) is 0 Å². The highest BCUT2D eigenvalue weighted by molar-refractivity contribution is 8.26. The van der Waals surface area contributed by atoms with Crippen LogP contribution < -0.4 is 11.5 Å². The Bertz CT molecular complexity index is 1070. The molecule has 55 heteroatoms. The molecule has 0 heterocycles. The summed E-state index contributed by atoms with van der Waals surface area (Å²) in [6.45, 7) is 0. The molecular weight excluding hydrogens is 737 g/mol. The van der Waals surface area contributed by atoms with Gasteiger partial charge in [0, 0.05) is 330 Å². The Morgan fingerprint density at radius 1 is 0.333 bits per heavy atom. The van der Waals surface area contributed by atoms with Gasteiger partial charge in [-0.25, -0.2) is 0 Å². The van der Waals surface area contributed by atoms with Crippen molar-refractivity contribution in [3.05, 3.63) is 0 Å². The lowest BCUT2D eigenvalue weighted by atomic mass is 8.54. The molecule has 0 fully saturated rings. The van der Waals surface area contributed by atoms with Gasteiger partial charge in [0.15, 0.2) is 0 Å². The quantitative estimate of drug-likeness (QED) is 0.0779. The Balaban J connectivity index is -0.00000105. The average Bonchev–Trinajstić information content (AvgIpc) is 3.07. The SMILES string of the molecule is C.C.C.C.C.C.[B][B]B([B])B(B(B([B])[B])B([B])[B])[Si](CN)(O[Si](CN)(B(B([B])B([B])[B])B(B([B])[B])B([B])[B])B(B([B][B])B([B])[B])B(B([B])[B])B([B])[B])B(B([B])[B])B(B([B])[B])B([B])[B]. The summed E-state index contributed by atoms with van der Waals surface area (Å²) in [6, 6.07) is 0. The van der Waals surface area contributed by atoms with E-state index in [2.05, 4.69) is 0 Å². The first-order valence-electron chi connectivity index (χ1n) is 18.4. The Morgan fingerprint density at radius 3 is 0.825 bits per heavy atom. The molecule has 2 unspecified atom stereocenters. The minimum Gasteiger partial charge on any atom is -0.481 e. The second kappa shape index (κ2) is 36.5. The molecule has 0 aromatic carbocycles. The minimum atomic E-state index is -4.78. The fraction of sp³-hybridized carbons (Fsp3) is 1.00. The van der Waals surface area contributed by atoms with Gasteiger partial charge in [-0.3, -0.25) is 0 Å². The third-order valence-corrected chi connectivity index (χ3v) is 23.4. The standard InChI is InChI=1S/C2H8B50N2OSi2.6CH4/c3-29-42(27)50(46(35(13)14)36(15)16)56(1-53,49(41(25)26)45(33(9)10)34(11)12)55-57(2-54,51(43(28)31(5)6)47(37(17)18)38(19)20)52(44(30-4)32(7)8)48(39(21)22)40(23)24;;;;;;/h1-2,53-54H2;6*1H4. The Labute approximate surface area is 439 Å². The van der Waals surface area contributed by atoms with Gasteiger partial charge >= 0.3 is 0 Å². The zero-order chi connectivity index (χ0) is 45.2. The normalized spacial score (nSPS) is 11.1. The van der Waals surface area contributed by atoms with E-state index in [0.29, 0.717) is 0 Å². The third-order valence-electron chi connectivity index (χ3n) is 11.5. The van der Waals surface area contributed by atoms with E-state index in [-0.39, 0.29) is 44.6 Å². The molecule has 54 radical (unpaired) electrons. The molecular formula is C8H32B50N2OSi2. The lowest BCUT2D eigenvalue weighted by Crippen LogP contribution is -2.98. The maximum absolute atomic E-state index is 7.93. The molecule has 2 atom stereocenters. The second-order valence-electron chi connectivity index (χ2n) is 15.3. The summed E-state index contributed by atoms with van der Waals surface area (Å²) in [5.74, 6) is 0. The van der Waals surface area contributed by atoms with Gasteiger partial charge < -0.3 is 15.6 Å². The van der Waals surface area contributed by atoms with Crippen molar-refractivity contribution in [2.24, 2.45) is 11.5 Å². The summed E-state index contributed by atoms with van der Waals surface area (Å²) in [6.07, 6.45) is -30.5. The lowest BCUT2D eigenvalue weighted by molar-refractivity contribution is 0.597. The summed E-state index contributed by atoms with van der Waals surface area (Å²) in [5, 5.41) is 0. The molecule has 0 aromatic rings. The Kier molecular flexibility index (Phi) is 46.7. The van der Waals surface area contributed by atoms with E-state index >= 15 is 0 Å². The van der Waals surface area contributed by atoms with E-state index in [0.717, 1.165) is 14.1 Å². The lowest BCUT2D eigenvalue weighted by Gasteiger charge is -2.63. The van der Waals surface area contributed by atoms with E-state index in [1.807, 2.05) is 0 Å². The van der Waals surface area contributed by atoms with Crippen molar-refractivity contribution >= 4 is 371 Å². The van der Waals surface area contributed by atoms with Gasteiger partial charge in [-0.05, 0) is 12.3 Å². The van der Waals surface area contributed by atoms with Gasteiger partial charge in [0.05, 0.1) is 40.5 Å². The van der Waals surface area contributed by atoms with E-state index in [1.165, 1.54) is 0 Å². The van der Waals surface area contributed by atoms with Gasteiger partial charge in [0.25, 0.3) is 0 Å². The van der Waals surface area contributed by atoms with Crippen molar-refractivity contribution in [2.75, 3.05) is 12.3 Å². The van der Waals surface area contributed by atoms with Crippen LogP contribution in [0.25, 0.3) is 0 Å². The van der Waals surface area contributed by atoms with E-state index in [4.69, 9.17) is 217 Å². The molecule has 4 N–H and O–H groups in total. The van der Waals surface area contributed by atoms with Crippen LogP contribution in [-0.4, -0.2) is 383 Å². The van der Waals surface area contributed by atoms with Crippen molar-refractivity contribution in [1.82, 2.24) is 0 Å². The monoisotopic (exact) mass is 779 g/mol. The molecule has 0 rings (SSSR count). The second-order valence-corrected chi connectivity index (χ2v) is 23.4. The summed E-state index contributed by atoms with van der Waals surface area (Å²) in [5.41, 5.74) is 14.0. The molecule has 0 aliphatic heterocycles. The van der Waals surface area contributed by atoms with Gasteiger partial charge in [0.1, 0.15) is 0 Å². The zero-order valence-corrected chi connectivity index (χ0v) is 34.8. The van der Waals surface area contributed by atoms with Crippen molar-refractivity contribution < 1.29 is 4.12 Å². The molecule has 0 saturated heterocycles.